The number of imide groups is 1. The first-order valence-electron chi connectivity index (χ1n) is 8.42. The van der Waals surface area contributed by atoms with Crippen LogP contribution >= 0.6 is 23.5 Å². The summed E-state index contributed by atoms with van der Waals surface area (Å²) in [6.07, 6.45) is 1.10. The molecule has 1 aromatic carbocycles. The molecule has 2 saturated heterocycles. The second kappa shape index (κ2) is 8.81. The van der Waals surface area contributed by atoms with E-state index in [1.807, 2.05) is 6.07 Å². The Morgan fingerprint density at radius 3 is 2.93 bits per heavy atom. The van der Waals surface area contributed by atoms with Crippen LogP contribution in [0.3, 0.4) is 0 Å². The van der Waals surface area contributed by atoms with Gasteiger partial charge in [-0.1, -0.05) is 12.1 Å². The molecule has 0 unspecified atom stereocenters. The van der Waals surface area contributed by atoms with E-state index in [0.717, 1.165) is 22.2 Å². The highest BCUT2D eigenvalue weighted by Gasteiger charge is 2.35. The summed E-state index contributed by atoms with van der Waals surface area (Å²) >= 11 is 2.43. The van der Waals surface area contributed by atoms with Gasteiger partial charge in [0, 0.05) is 24.5 Å². The number of carbonyl (C=O) groups excluding carboxylic acids is 3. The van der Waals surface area contributed by atoms with Crippen LogP contribution in [0.15, 0.2) is 29.2 Å². The molecule has 7 nitrogen and oxygen atoms in total. The molecule has 0 saturated carbocycles. The minimum absolute atomic E-state index is 0.0123. The summed E-state index contributed by atoms with van der Waals surface area (Å²) in [7, 11) is 1.56. The number of rotatable bonds is 6. The van der Waals surface area contributed by atoms with Crippen LogP contribution in [-0.4, -0.2) is 64.4 Å². The van der Waals surface area contributed by atoms with Crippen LogP contribution in [0, 0.1) is 0 Å². The van der Waals surface area contributed by atoms with Crippen molar-refractivity contribution >= 4 is 46.7 Å². The number of thioether (sulfide) groups is 2. The zero-order chi connectivity index (χ0) is 19.4. The molecule has 2 N–H and O–H groups in total. The molecule has 3 amide bonds. The average Bonchev–Trinajstić information content (AvgIpc) is 3.16. The molecule has 2 atom stereocenters. The molecule has 3 rings (SSSR count). The van der Waals surface area contributed by atoms with Crippen LogP contribution < -0.4 is 10.1 Å². The molecule has 1 aromatic rings. The van der Waals surface area contributed by atoms with Crippen molar-refractivity contribution in [2.45, 2.75) is 18.6 Å². The first kappa shape index (κ1) is 19.8. The lowest BCUT2D eigenvalue weighted by molar-refractivity contribution is -0.124. The Morgan fingerprint density at radius 2 is 2.22 bits per heavy atom. The van der Waals surface area contributed by atoms with Gasteiger partial charge < -0.3 is 15.2 Å². The van der Waals surface area contributed by atoms with E-state index in [9.17, 15) is 19.5 Å². The Kier molecular flexibility index (Phi) is 6.46. The number of methoxy groups -OCH3 is 1. The SMILES string of the molecule is COc1cccc(/C=C2\SC(=O)N(CCC(=O)N[C@@H]3CSC[C@H]3O)C2=O)c1. The smallest absolute Gasteiger partial charge is 0.293 e. The first-order valence-corrected chi connectivity index (χ1v) is 10.4. The molecule has 0 aliphatic carbocycles. The lowest BCUT2D eigenvalue weighted by Gasteiger charge is -2.17. The quantitative estimate of drug-likeness (QED) is 0.692. The molecule has 2 heterocycles. The summed E-state index contributed by atoms with van der Waals surface area (Å²) in [6.45, 7) is 0.0158. The zero-order valence-electron chi connectivity index (χ0n) is 14.7. The van der Waals surface area contributed by atoms with Crippen LogP contribution in [0.4, 0.5) is 4.79 Å². The number of benzene rings is 1. The van der Waals surface area contributed by atoms with E-state index in [4.69, 9.17) is 4.74 Å². The molecule has 27 heavy (non-hydrogen) atoms. The van der Waals surface area contributed by atoms with Crippen molar-refractivity contribution in [3.8, 4) is 5.75 Å². The summed E-state index contributed by atoms with van der Waals surface area (Å²) in [6, 6.07) is 6.91. The van der Waals surface area contributed by atoms with Gasteiger partial charge in [0.2, 0.25) is 5.91 Å². The van der Waals surface area contributed by atoms with E-state index in [0.29, 0.717) is 22.2 Å². The minimum Gasteiger partial charge on any atom is -0.497 e. The summed E-state index contributed by atoms with van der Waals surface area (Å²) in [4.78, 5) is 38.1. The van der Waals surface area contributed by atoms with Gasteiger partial charge in [-0.25, -0.2) is 0 Å². The molecule has 0 aromatic heterocycles. The van der Waals surface area contributed by atoms with Gasteiger partial charge in [0.05, 0.1) is 24.2 Å². The lowest BCUT2D eigenvalue weighted by Crippen LogP contribution is -2.43. The summed E-state index contributed by atoms with van der Waals surface area (Å²) < 4.78 is 5.15. The Labute approximate surface area is 165 Å². The normalized spacial score (nSPS) is 23.9. The predicted octanol–water partition coefficient (Wildman–Crippen LogP) is 1.71. The molecule has 0 spiro atoms. The molecule has 2 fully saturated rings. The highest BCUT2D eigenvalue weighted by atomic mass is 32.2. The van der Waals surface area contributed by atoms with E-state index < -0.39 is 17.3 Å². The average molecular weight is 409 g/mol. The number of amides is 3. The molecule has 0 radical (unpaired) electrons. The van der Waals surface area contributed by atoms with E-state index in [1.165, 1.54) is 0 Å². The van der Waals surface area contributed by atoms with Gasteiger partial charge in [-0.2, -0.15) is 11.8 Å². The highest BCUT2D eigenvalue weighted by molar-refractivity contribution is 8.18. The van der Waals surface area contributed by atoms with Crippen molar-refractivity contribution in [1.82, 2.24) is 10.2 Å². The largest absolute Gasteiger partial charge is 0.497 e. The number of hydrogen-bond donors (Lipinski definition) is 2. The number of ether oxygens (including phenoxy) is 1. The number of carbonyl (C=O) groups is 3. The number of nitrogens with zero attached hydrogens (tertiary/aromatic N) is 1. The fraction of sp³-hybridized carbons (Fsp3) is 0.389. The van der Waals surface area contributed by atoms with Gasteiger partial charge >= 0.3 is 0 Å². The number of aliphatic hydroxyl groups excluding tert-OH is 1. The third kappa shape index (κ3) is 4.85. The monoisotopic (exact) mass is 408 g/mol. The van der Waals surface area contributed by atoms with E-state index in [2.05, 4.69) is 5.32 Å². The van der Waals surface area contributed by atoms with Gasteiger partial charge in [-0.05, 0) is 35.5 Å². The summed E-state index contributed by atoms with van der Waals surface area (Å²) in [5, 5.41) is 12.1. The third-order valence-corrected chi connectivity index (χ3v) is 6.30. The Bertz CT molecular complexity index is 783. The topological polar surface area (TPSA) is 95.9 Å². The molecule has 0 bridgehead atoms. The number of hydrogen-bond acceptors (Lipinski definition) is 7. The van der Waals surface area contributed by atoms with Crippen molar-refractivity contribution in [1.29, 1.82) is 0 Å². The van der Waals surface area contributed by atoms with Crippen LogP contribution in [-0.2, 0) is 9.59 Å². The zero-order valence-corrected chi connectivity index (χ0v) is 16.3. The maximum Gasteiger partial charge on any atom is 0.293 e. The lowest BCUT2D eigenvalue weighted by atomic mass is 10.2. The molecular formula is C18H20N2O5S2. The fourth-order valence-corrected chi connectivity index (χ4v) is 4.78. The Morgan fingerprint density at radius 1 is 1.41 bits per heavy atom. The Balaban J connectivity index is 1.58. The number of aliphatic hydroxyl groups is 1. The molecule has 2 aliphatic heterocycles. The van der Waals surface area contributed by atoms with E-state index >= 15 is 0 Å². The molecular weight excluding hydrogens is 388 g/mol. The third-order valence-electron chi connectivity index (χ3n) is 4.22. The van der Waals surface area contributed by atoms with Crippen molar-refractivity contribution in [2.24, 2.45) is 0 Å². The van der Waals surface area contributed by atoms with Crippen molar-refractivity contribution < 1.29 is 24.2 Å². The second-order valence-electron chi connectivity index (χ2n) is 6.14. The maximum absolute atomic E-state index is 12.5. The van der Waals surface area contributed by atoms with Gasteiger partial charge in [-0.3, -0.25) is 19.3 Å². The highest BCUT2D eigenvalue weighted by Crippen LogP contribution is 2.32. The van der Waals surface area contributed by atoms with Gasteiger partial charge in [0.15, 0.2) is 0 Å². The van der Waals surface area contributed by atoms with Crippen LogP contribution in [0.25, 0.3) is 6.08 Å². The Hall–Kier alpha value is -1.97. The number of nitrogens with one attached hydrogen (secondary N) is 1. The van der Waals surface area contributed by atoms with E-state index in [1.54, 1.807) is 43.1 Å². The molecule has 2 aliphatic rings. The summed E-state index contributed by atoms with van der Waals surface area (Å²) in [5.74, 6) is 1.24. The molecule has 9 heteroatoms. The van der Waals surface area contributed by atoms with Gasteiger partial charge in [0.25, 0.3) is 11.1 Å². The summed E-state index contributed by atoms with van der Waals surface area (Å²) in [5.41, 5.74) is 0.755. The van der Waals surface area contributed by atoms with Crippen molar-refractivity contribution in [3.05, 3.63) is 34.7 Å². The van der Waals surface area contributed by atoms with Crippen LogP contribution in [0.1, 0.15) is 12.0 Å². The molecule has 144 valence electrons. The van der Waals surface area contributed by atoms with Crippen molar-refractivity contribution in [3.63, 3.8) is 0 Å². The van der Waals surface area contributed by atoms with Gasteiger partial charge in [-0.15, -0.1) is 0 Å². The van der Waals surface area contributed by atoms with Crippen LogP contribution in [0.2, 0.25) is 0 Å². The maximum atomic E-state index is 12.5. The van der Waals surface area contributed by atoms with Gasteiger partial charge in [0.1, 0.15) is 5.75 Å². The fourth-order valence-electron chi connectivity index (χ4n) is 2.75. The first-order chi connectivity index (χ1) is 13.0. The minimum atomic E-state index is -0.554. The van der Waals surface area contributed by atoms with Crippen LogP contribution in [0.5, 0.6) is 5.75 Å². The predicted molar refractivity (Wildman–Crippen MR) is 106 cm³/mol. The standard InChI is InChI=1S/C18H20N2O5S2/c1-25-12-4-2-3-11(7-12)8-15-17(23)20(18(24)27-15)6-5-16(22)19-13-9-26-10-14(13)21/h2-4,7-8,13-14,21H,5-6,9-10H2,1H3,(H,19,22)/b15-8-/t13-,14-/m1/s1. The van der Waals surface area contributed by atoms with E-state index in [-0.39, 0.29) is 24.9 Å². The second-order valence-corrected chi connectivity index (χ2v) is 8.21. The van der Waals surface area contributed by atoms with Crippen molar-refractivity contribution in [2.75, 3.05) is 25.2 Å².